The van der Waals surface area contributed by atoms with Crippen molar-refractivity contribution in [1.29, 1.82) is 5.26 Å². The van der Waals surface area contributed by atoms with Gasteiger partial charge in [-0.05, 0) is 49.9 Å². The zero-order valence-electron chi connectivity index (χ0n) is 10.7. The average molecular weight is 268 g/mol. The monoisotopic (exact) mass is 268 g/mol. The van der Waals surface area contributed by atoms with Gasteiger partial charge in [0.2, 0.25) is 0 Å². The third-order valence-electron chi connectivity index (χ3n) is 3.00. The molecule has 0 aliphatic rings. The maximum atomic E-state index is 13.7. The lowest BCUT2D eigenvalue weighted by Gasteiger charge is -2.25. The first-order valence-electron chi connectivity index (χ1n) is 5.63. The molecule has 0 radical (unpaired) electrons. The average Bonchev–Trinajstić information content (AvgIpc) is 2.28. The van der Waals surface area contributed by atoms with Crippen LogP contribution in [0.1, 0.15) is 44.2 Å². The fourth-order valence-electron chi connectivity index (χ4n) is 1.92. The molecular weight excluding hydrogens is 251 g/mol. The smallest absolute Gasteiger partial charge is 0.126 e. The molecule has 0 aliphatic carbocycles. The SMILES string of the molecule is C[C@@H](CC(C)(C)S(N)=O)c1cc(C#N)ccc1F. The molecule has 0 bridgehead atoms. The van der Waals surface area contributed by atoms with E-state index in [0.29, 0.717) is 17.5 Å². The summed E-state index contributed by atoms with van der Waals surface area (Å²) in [5.74, 6) is -0.499. The third kappa shape index (κ3) is 3.37. The predicted octanol–water partition coefficient (Wildman–Crippen LogP) is 2.59. The van der Waals surface area contributed by atoms with Crippen molar-refractivity contribution in [2.24, 2.45) is 5.14 Å². The maximum absolute atomic E-state index is 13.7. The number of hydrogen-bond donors (Lipinski definition) is 1. The quantitative estimate of drug-likeness (QED) is 0.912. The van der Waals surface area contributed by atoms with Crippen LogP contribution in [-0.2, 0) is 11.0 Å². The van der Waals surface area contributed by atoms with Crippen molar-refractivity contribution in [2.45, 2.75) is 37.9 Å². The van der Waals surface area contributed by atoms with Crippen molar-refractivity contribution >= 4 is 11.0 Å². The molecule has 1 aromatic rings. The van der Waals surface area contributed by atoms with E-state index in [1.54, 1.807) is 13.8 Å². The van der Waals surface area contributed by atoms with Gasteiger partial charge in [0.1, 0.15) is 5.82 Å². The number of nitrogens with zero attached hydrogens (tertiary/aromatic N) is 1. The predicted molar refractivity (Wildman–Crippen MR) is 70.6 cm³/mol. The van der Waals surface area contributed by atoms with Gasteiger partial charge in [0, 0.05) is 0 Å². The van der Waals surface area contributed by atoms with E-state index in [0.717, 1.165) is 0 Å². The molecule has 0 heterocycles. The van der Waals surface area contributed by atoms with Gasteiger partial charge in [-0.1, -0.05) is 6.92 Å². The summed E-state index contributed by atoms with van der Waals surface area (Å²) in [6.45, 7) is 5.41. The summed E-state index contributed by atoms with van der Waals surface area (Å²) in [4.78, 5) is 0. The van der Waals surface area contributed by atoms with Crippen LogP contribution in [0.2, 0.25) is 0 Å². The number of nitriles is 1. The second kappa shape index (κ2) is 5.59. The highest BCUT2D eigenvalue weighted by Crippen LogP contribution is 2.30. The molecule has 0 aromatic heterocycles. The molecule has 2 N–H and O–H groups in total. The van der Waals surface area contributed by atoms with Crippen molar-refractivity contribution in [1.82, 2.24) is 0 Å². The molecule has 2 atom stereocenters. The molecule has 0 spiro atoms. The Balaban J connectivity index is 3.01. The lowest BCUT2D eigenvalue weighted by atomic mass is 9.90. The van der Waals surface area contributed by atoms with Crippen LogP contribution >= 0.6 is 0 Å². The molecule has 1 unspecified atom stereocenters. The van der Waals surface area contributed by atoms with E-state index >= 15 is 0 Å². The fraction of sp³-hybridized carbons (Fsp3) is 0.462. The first-order valence-corrected chi connectivity index (χ1v) is 6.85. The molecule has 98 valence electrons. The van der Waals surface area contributed by atoms with E-state index in [4.69, 9.17) is 10.4 Å². The standard InChI is InChI=1S/C13H17FN2OS/c1-9(7-13(2,3)18(16)17)11-6-10(8-15)4-5-12(11)14/h4-6,9H,7,16H2,1-3H3/t9-,18?/m0/s1. The number of hydrogen-bond acceptors (Lipinski definition) is 2. The second-order valence-electron chi connectivity index (χ2n) is 5.01. The Morgan fingerprint density at radius 2 is 2.17 bits per heavy atom. The molecule has 1 rings (SSSR count). The fourth-order valence-corrected chi connectivity index (χ4v) is 2.33. The number of rotatable bonds is 4. The molecule has 5 heteroatoms. The van der Waals surface area contributed by atoms with Crippen molar-refractivity contribution in [3.63, 3.8) is 0 Å². The highest BCUT2D eigenvalue weighted by molar-refractivity contribution is 7.84. The van der Waals surface area contributed by atoms with Gasteiger partial charge in [0.25, 0.3) is 0 Å². The van der Waals surface area contributed by atoms with E-state index in [1.165, 1.54) is 18.2 Å². The van der Waals surface area contributed by atoms with Crippen molar-refractivity contribution in [3.05, 3.63) is 35.1 Å². The van der Waals surface area contributed by atoms with Crippen LogP contribution in [0.25, 0.3) is 0 Å². The van der Waals surface area contributed by atoms with Gasteiger partial charge in [-0.25, -0.2) is 8.60 Å². The summed E-state index contributed by atoms with van der Waals surface area (Å²) in [6, 6.07) is 6.25. The van der Waals surface area contributed by atoms with Gasteiger partial charge in [-0.2, -0.15) is 5.26 Å². The van der Waals surface area contributed by atoms with E-state index in [-0.39, 0.29) is 11.7 Å². The van der Waals surface area contributed by atoms with Gasteiger partial charge in [0.15, 0.2) is 0 Å². The van der Waals surface area contributed by atoms with E-state index in [1.807, 2.05) is 13.0 Å². The van der Waals surface area contributed by atoms with Gasteiger partial charge >= 0.3 is 0 Å². The zero-order chi connectivity index (χ0) is 13.9. The van der Waals surface area contributed by atoms with Crippen LogP contribution in [0.15, 0.2) is 18.2 Å². The maximum Gasteiger partial charge on any atom is 0.126 e. The minimum atomic E-state index is -1.47. The molecule has 0 aliphatic heterocycles. The minimum absolute atomic E-state index is 0.152. The van der Waals surface area contributed by atoms with Crippen LogP contribution in [-0.4, -0.2) is 8.96 Å². The summed E-state index contributed by atoms with van der Waals surface area (Å²) in [5, 5.41) is 14.2. The van der Waals surface area contributed by atoms with Gasteiger partial charge in [-0.15, -0.1) is 0 Å². The van der Waals surface area contributed by atoms with Crippen LogP contribution in [0.3, 0.4) is 0 Å². The Morgan fingerprint density at radius 1 is 1.56 bits per heavy atom. The van der Waals surface area contributed by atoms with Crippen LogP contribution in [0, 0.1) is 17.1 Å². The van der Waals surface area contributed by atoms with Crippen LogP contribution < -0.4 is 5.14 Å². The highest BCUT2D eigenvalue weighted by atomic mass is 32.2. The van der Waals surface area contributed by atoms with E-state index in [2.05, 4.69) is 0 Å². The summed E-state index contributed by atoms with van der Waals surface area (Å²) in [7, 11) is -1.47. The first kappa shape index (κ1) is 14.8. The van der Waals surface area contributed by atoms with Crippen LogP contribution in [0.4, 0.5) is 4.39 Å². The van der Waals surface area contributed by atoms with Gasteiger partial charge in [-0.3, -0.25) is 5.14 Å². The number of nitrogens with two attached hydrogens (primary N) is 1. The molecule has 18 heavy (non-hydrogen) atoms. The summed E-state index contributed by atoms with van der Waals surface area (Å²) >= 11 is 0. The van der Waals surface area contributed by atoms with Gasteiger partial charge < -0.3 is 0 Å². The molecule has 0 fully saturated rings. The Kier molecular flexibility index (Phi) is 4.60. The van der Waals surface area contributed by atoms with Crippen molar-refractivity contribution < 1.29 is 8.60 Å². The number of benzene rings is 1. The zero-order valence-corrected chi connectivity index (χ0v) is 11.6. The normalized spacial score (nSPS) is 14.9. The van der Waals surface area contributed by atoms with E-state index < -0.39 is 15.7 Å². The minimum Gasteiger partial charge on any atom is -0.251 e. The Labute approximate surface area is 109 Å². The Bertz CT molecular complexity index is 508. The summed E-state index contributed by atoms with van der Waals surface area (Å²) < 4.78 is 24.5. The number of halogens is 1. The summed E-state index contributed by atoms with van der Waals surface area (Å²) in [5.41, 5.74) is 0.887. The molecule has 3 nitrogen and oxygen atoms in total. The Morgan fingerprint density at radius 3 is 2.67 bits per heavy atom. The van der Waals surface area contributed by atoms with Crippen molar-refractivity contribution in [3.8, 4) is 6.07 Å². The third-order valence-corrected chi connectivity index (χ3v) is 4.25. The molecule has 0 saturated heterocycles. The van der Waals surface area contributed by atoms with E-state index in [9.17, 15) is 8.60 Å². The van der Waals surface area contributed by atoms with Crippen LogP contribution in [0.5, 0.6) is 0 Å². The Hall–Kier alpha value is -1.25. The lowest BCUT2D eigenvalue weighted by molar-refractivity contribution is 0.516. The van der Waals surface area contributed by atoms with Gasteiger partial charge in [0.05, 0.1) is 27.4 Å². The second-order valence-corrected chi connectivity index (χ2v) is 6.71. The highest BCUT2D eigenvalue weighted by Gasteiger charge is 2.27. The summed E-state index contributed by atoms with van der Waals surface area (Å²) in [6.07, 6.45) is 0.488. The lowest BCUT2D eigenvalue weighted by Crippen LogP contribution is -2.33. The molecule has 1 aromatic carbocycles. The molecule has 0 saturated carbocycles. The molecule has 0 amide bonds. The first-order chi connectivity index (χ1) is 8.27. The largest absolute Gasteiger partial charge is 0.251 e. The molecular formula is C13H17FN2OS. The topological polar surface area (TPSA) is 66.9 Å². The van der Waals surface area contributed by atoms with Crippen molar-refractivity contribution in [2.75, 3.05) is 0 Å².